The van der Waals surface area contributed by atoms with E-state index in [2.05, 4.69) is 5.32 Å². The molecule has 7 nitrogen and oxygen atoms in total. The minimum absolute atomic E-state index is 0.0381. The van der Waals surface area contributed by atoms with Gasteiger partial charge in [0.05, 0.1) is 24.6 Å². The van der Waals surface area contributed by atoms with Gasteiger partial charge in [-0.05, 0) is 38.9 Å². The summed E-state index contributed by atoms with van der Waals surface area (Å²) < 4.78 is 23.5. The lowest BCUT2D eigenvalue weighted by Crippen LogP contribution is -2.47. The molecular weight excluding hydrogens is 366 g/mol. The SMILES string of the molecule is CCCN(C(=O)CN(C)CC(=O)Nc1ccc(C)cc1)[C@H]1CCS(=O)(=O)C1. The molecule has 27 heavy (non-hydrogen) atoms. The van der Waals surface area contributed by atoms with Crippen molar-refractivity contribution in [3.05, 3.63) is 29.8 Å². The summed E-state index contributed by atoms with van der Waals surface area (Å²) >= 11 is 0. The van der Waals surface area contributed by atoms with Crippen LogP contribution in [0.15, 0.2) is 24.3 Å². The van der Waals surface area contributed by atoms with Crippen LogP contribution in [-0.4, -0.2) is 74.3 Å². The first-order chi connectivity index (χ1) is 12.7. The summed E-state index contributed by atoms with van der Waals surface area (Å²) in [6, 6.07) is 7.25. The number of nitrogens with one attached hydrogen (secondary N) is 1. The van der Waals surface area contributed by atoms with Gasteiger partial charge in [0.25, 0.3) is 0 Å². The number of likely N-dealkylation sites (N-methyl/N-ethyl adjacent to an activating group) is 1. The third kappa shape index (κ3) is 6.62. The summed E-state index contributed by atoms with van der Waals surface area (Å²) in [5, 5.41) is 2.81. The van der Waals surface area contributed by atoms with Crippen LogP contribution in [0.5, 0.6) is 0 Å². The van der Waals surface area contributed by atoms with Crippen LogP contribution < -0.4 is 5.32 Å². The molecule has 1 N–H and O–H groups in total. The number of aryl methyl sites for hydroxylation is 1. The fraction of sp³-hybridized carbons (Fsp3) is 0.579. The Hall–Kier alpha value is -1.93. The monoisotopic (exact) mass is 395 g/mol. The molecular formula is C19H29N3O4S. The molecule has 8 heteroatoms. The van der Waals surface area contributed by atoms with Crippen LogP contribution in [0.1, 0.15) is 25.3 Å². The highest BCUT2D eigenvalue weighted by molar-refractivity contribution is 7.91. The van der Waals surface area contributed by atoms with Crippen LogP contribution in [0.4, 0.5) is 5.69 Å². The third-order valence-electron chi connectivity index (χ3n) is 4.59. The van der Waals surface area contributed by atoms with E-state index in [-0.39, 0.29) is 42.5 Å². The molecule has 1 aromatic carbocycles. The molecule has 1 aliphatic heterocycles. The molecule has 1 heterocycles. The van der Waals surface area contributed by atoms with E-state index < -0.39 is 9.84 Å². The Labute approximate surface area is 161 Å². The first-order valence-electron chi connectivity index (χ1n) is 9.25. The topological polar surface area (TPSA) is 86.8 Å². The van der Waals surface area contributed by atoms with Crippen molar-refractivity contribution in [2.45, 2.75) is 32.7 Å². The Bertz CT molecular complexity index is 762. The van der Waals surface area contributed by atoms with Crippen molar-refractivity contribution in [2.75, 3.05) is 43.5 Å². The Balaban J connectivity index is 1.88. The number of rotatable bonds is 8. The molecule has 0 saturated carbocycles. The molecule has 1 aliphatic rings. The molecule has 0 unspecified atom stereocenters. The van der Waals surface area contributed by atoms with Crippen molar-refractivity contribution in [3.8, 4) is 0 Å². The number of benzene rings is 1. The van der Waals surface area contributed by atoms with Gasteiger partial charge >= 0.3 is 0 Å². The molecule has 0 radical (unpaired) electrons. The summed E-state index contributed by atoms with van der Waals surface area (Å²) in [7, 11) is -1.34. The standard InChI is InChI=1S/C19H29N3O4S/c1-4-10-22(17-9-11-27(25,26)14-17)19(24)13-21(3)12-18(23)20-16-7-5-15(2)6-8-16/h5-8,17H,4,9-14H2,1-3H3,(H,20,23)/t17-/m0/s1. The lowest BCUT2D eigenvalue weighted by molar-refractivity contribution is -0.134. The van der Waals surface area contributed by atoms with Gasteiger partial charge < -0.3 is 10.2 Å². The highest BCUT2D eigenvalue weighted by Crippen LogP contribution is 2.18. The molecule has 0 bridgehead atoms. The summed E-state index contributed by atoms with van der Waals surface area (Å²) in [6.45, 7) is 4.63. The second-order valence-corrected chi connectivity index (χ2v) is 9.46. The maximum atomic E-state index is 12.7. The molecule has 1 atom stereocenters. The molecule has 1 aromatic rings. The molecule has 2 rings (SSSR count). The Kier molecular flexibility index (Phi) is 7.38. The second kappa shape index (κ2) is 9.32. The highest BCUT2D eigenvalue weighted by atomic mass is 32.2. The van der Waals surface area contributed by atoms with E-state index in [1.807, 2.05) is 38.1 Å². The minimum atomic E-state index is -3.05. The predicted octanol–water partition coefficient (Wildman–Crippen LogP) is 1.29. The Morgan fingerprint density at radius 1 is 1.19 bits per heavy atom. The van der Waals surface area contributed by atoms with Crippen LogP contribution in [0, 0.1) is 6.92 Å². The number of amides is 2. The van der Waals surface area contributed by atoms with Gasteiger partial charge in [-0.2, -0.15) is 0 Å². The van der Waals surface area contributed by atoms with Crippen molar-refractivity contribution >= 4 is 27.3 Å². The van der Waals surface area contributed by atoms with Crippen molar-refractivity contribution in [3.63, 3.8) is 0 Å². The number of nitrogens with zero attached hydrogens (tertiary/aromatic N) is 2. The quantitative estimate of drug-likeness (QED) is 0.717. The normalized spacial score (nSPS) is 18.4. The van der Waals surface area contributed by atoms with Crippen molar-refractivity contribution in [2.24, 2.45) is 0 Å². The summed E-state index contributed by atoms with van der Waals surface area (Å²) in [5.41, 5.74) is 1.83. The van der Waals surface area contributed by atoms with Gasteiger partial charge in [0, 0.05) is 18.3 Å². The van der Waals surface area contributed by atoms with E-state index in [0.29, 0.717) is 18.7 Å². The fourth-order valence-corrected chi connectivity index (χ4v) is 4.96. The summed E-state index contributed by atoms with van der Waals surface area (Å²) in [5.74, 6) is -0.153. The van der Waals surface area contributed by atoms with Crippen molar-refractivity contribution in [1.82, 2.24) is 9.80 Å². The largest absolute Gasteiger partial charge is 0.338 e. The molecule has 2 amide bonds. The maximum Gasteiger partial charge on any atom is 0.238 e. The van der Waals surface area contributed by atoms with E-state index in [1.165, 1.54) is 0 Å². The zero-order valence-corrected chi connectivity index (χ0v) is 17.1. The minimum Gasteiger partial charge on any atom is -0.338 e. The van der Waals surface area contributed by atoms with E-state index in [4.69, 9.17) is 0 Å². The van der Waals surface area contributed by atoms with E-state index in [1.54, 1.807) is 16.8 Å². The number of hydrogen-bond acceptors (Lipinski definition) is 5. The molecule has 0 aromatic heterocycles. The molecule has 1 fully saturated rings. The zero-order chi connectivity index (χ0) is 20.0. The summed E-state index contributed by atoms with van der Waals surface area (Å²) in [6.07, 6.45) is 1.26. The van der Waals surface area contributed by atoms with Gasteiger partial charge in [-0.15, -0.1) is 0 Å². The first kappa shape index (κ1) is 21.4. The van der Waals surface area contributed by atoms with Crippen LogP contribution >= 0.6 is 0 Å². The van der Waals surface area contributed by atoms with Gasteiger partial charge in [-0.1, -0.05) is 24.6 Å². The lowest BCUT2D eigenvalue weighted by Gasteiger charge is -2.29. The maximum absolute atomic E-state index is 12.7. The Morgan fingerprint density at radius 3 is 2.41 bits per heavy atom. The number of anilines is 1. The van der Waals surface area contributed by atoms with Crippen LogP contribution in [0.25, 0.3) is 0 Å². The number of sulfone groups is 1. The average Bonchev–Trinajstić information content (AvgIpc) is 2.94. The van der Waals surface area contributed by atoms with Crippen LogP contribution in [-0.2, 0) is 19.4 Å². The fourth-order valence-electron chi connectivity index (χ4n) is 3.23. The average molecular weight is 396 g/mol. The van der Waals surface area contributed by atoms with Gasteiger partial charge in [0.1, 0.15) is 0 Å². The van der Waals surface area contributed by atoms with E-state index >= 15 is 0 Å². The Morgan fingerprint density at radius 2 is 1.85 bits per heavy atom. The number of hydrogen-bond donors (Lipinski definition) is 1. The first-order valence-corrected chi connectivity index (χ1v) is 11.1. The number of carbonyl (C=O) groups is 2. The molecule has 150 valence electrons. The van der Waals surface area contributed by atoms with E-state index in [9.17, 15) is 18.0 Å². The van der Waals surface area contributed by atoms with E-state index in [0.717, 1.165) is 12.0 Å². The summed E-state index contributed by atoms with van der Waals surface area (Å²) in [4.78, 5) is 28.2. The molecule has 0 aliphatic carbocycles. The molecule has 0 spiro atoms. The van der Waals surface area contributed by atoms with Gasteiger partial charge in [-0.3, -0.25) is 14.5 Å². The predicted molar refractivity (Wildman–Crippen MR) is 106 cm³/mol. The zero-order valence-electron chi connectivity index (χ0n) is 16.3. The van der Waals surface area contributed by atoms with Crippen LogP contribution in [0.2, 0.25) is 0 Å². The smallest absolute Gasteiger partial charge is 0.238 e. The van der Waals surface area contributed by atoms with Crippen molar-refractivity contribution in [1.29, 1.82) is 0 Å². The van der Waals surface area contributed by atoms with Gasteiger partial charge in [-0.25, -0.2) is 8.42 Å². The number of carbonyl (C=O) groups excluding carboxylic acids is 2. The van der Waals surface area contributed by atoms with Crippen LogP contribution in [0.3, 0.4) is 0 Å². The van der Waals surface area contributed by atoms with Crippen molar-refractivity contribution < 1.29 is 18.0 Å². The third-order valence-corrected chi connectivity index (χ3v) is 6.34. The second-order valence-electron chi connectivity index (χ2n) is 7.23. The van der Waals surface area contributed by atoms with Gasteiger partial charge in [0.2, 0.25) is 11.8 Å². The highest BCUT2D eigenvalue weighted by Gasteiger charge is 2.34. The van der Waals surface area contributed by atoms with Gasteiger partial charge in [0.15, 0.2) is 9.84 Å². The molecule has 1 saturated heterocycles. The lowest BCUT2D eigenvalue weighted by atomic mass is 10.2.